The van der Waals surface area contributed by atoms with E-state index in [1.165, 1.54) is 0 Å². The van der Waals surface area contributed by atoms with Gasteiger partial charge in [-0.25, -0.2) is 4.98 Å². The first-order valence-corrected chi connectivity index (χ1v) is 8.59. The fourth-order valence-electron chi connectivity index (χ4n) is 3.21. The number of hydrogen-bond donors (Lipinski definition) is 1. The molecule has 3 rings (SSSR count). The van der Waals surface area contributed by atoms with Gasteiger partial charge in [-0.2, -0.15) is 0 Å². The lowest BCUT2D eigenvalue weighted by atomic mass is 9.96. The Balaban J connectivity index is 1.49. The van der Waals surface area contributed by atoms with Crippen molar-refractivity contribution in [3.05, 3.63) is 47.9 Å². The second-order valence-electron chi connectivity index (χ2n) is 6.35. The van der Waals surface area contributed by atoms with Crippen molar-refractivity contribution in [1.29, 1.82) is 0 Å². The molecule has 1 aliphatic heterocycles. The van der Waals surface area contributed by atoms with Gasteiger partial charge >= 0.3 is 0 Å². The number of nitrogens with zero attached hydrogens (tertiary/aromatic N) is 3. The van der Waals surface area contributed by atoms with Gasteiger partial charge in [-0.15, -0.1) is 0 Å². The summed E-state index contributed by atoms with van der Waals surface area (Å²) in [6, 6.07) is 5.98. The predicted octanol–water partition coefficient (Wildman–Crippen LogP) is 2.33. The van der Waals surface area contributed by atoms with E-state index in [0.29, 0.717) is 6.54 Å². The second-order valence-corrected chi connectivity index (χ2v) is 6.35. The average Bonchev–Trinajstić information content (AvgIpc) is 2.67. The molecule has 0 atom stereocenters. The topological polar surface area (TPSA) is 67.3 Å². The maximum atomic E-state index is 12.4. The highest BCUT2D eigenvalue weighted by Gasteiger charge is 2.25. The van der Waals surface area contributed by atoms with Crippen molar-refractivity contribution >= 4 is 11.7 Å². The van der Waals surface area contributed by atoms with E-state index in [1.807, 2.05) is 19.1 Å². The van der Waals surface area contributed by atoms with Crippen molar-refractivity contribution in [2.24, 2.45) is 5.92 Å². The summed E-state index contributed by atoms with van der Waals surface area (Å²) < 4.78 is 5.27. The number of piperidine rings is 1. The largest absolute Gasteiger partial charge is 0.496 e. The Kier molecular flexibility index (Phi) is 5.48. The first-order chi connectivity index (χ1) is 12.2. The molecule has 1 aromatic carbocycles. The third-order valence-corrected chi connectivity index (χ3v) is 4.67. The van der Waals surface area contributed by atoms with Crippen molar-refractivity contribution in [2.45, 2.75) is 26.3 Å². The van der Waals surface area contributed by atoms with Gasteiger partial charge in [0, 0.05) is 37.9 Å². The van der Waals surface area contributed by atoms with E-state index in [1.54, 1.807) is 25.7 Å². The number of benzene rings is 1. The number of carbonyl (C=O) groups excluding carboxylic acids is 1. The molecule has 1 aromatic heterocycles. The number of anilines is 1. The summed E-state index contributed by atoms with van der Waals surface area (Å²) in [6.07, 6.45) is 6.82. The second kappa shape index (κ2) is 7.96. The highest BCUT2D eigenvalue weighted by molar-refractivity contribution is 5.79. The number of hydrogen-bond acceptors (Lipinski definition) is 5. The number of ether oxygens (including phenoxy) is 1. The summed E-state index contributed by atoms with van der Waals surface area (Å²) in [6.45, 7) is 4.22. The highest BCUT2D eigenvalue weighted by Crippen LogP contribution is 2.22. The van der Waals surface area contributed by atoms with Crippen LogP contribution in [-0.4, -0.2) is 36.1 Å². The minimum atomic E-state index is 0.0623. The Labute approximate surface area is 148 Å². The van der Waals surface area contributed by atoms with E-state index in [9.17, 15) is 4.79 Å². The van der Waals surface area contributed by atoms with Gasteiger partial charge in [0.25, 0.3) is 0 Å². The van der Waals surface area contributed by atoms with Crippen LogP contribution in [0.1, 0.15) is 24.0 Å². The lowest BCUT2D eigenvalue weighted by Crippen LogP contribution is -2.40. The van der Waals surface area contributed by atoms with E-state index in [0.717, 1.165) is 48.6 Å². The summed E-state index contributed by atoms with van der Waals surface area (Å²) in [4.78, 5) is 23.1. The first kappa shape index (κ1) is 17.2. The van der Waals surface area contributed by atoms with Crippen LogP contribution in [0.25, 0.3) is 0 Å². The monoisotopic (exact) mass is 340 g/mol. The number of methoxy groups -OCH3 is 1. The normalized spacial score (nSPS) is 15.0. The maximum absolute atomic E-state index is 12.4. The van der Waals surface area contributed by atoms with Crippen molar-refractivity contribution in [1.82, 2.24) is 15.3 Å². The van der Waals surface area contributed by atoms with Crippen LogP contribution in [0.2, 0.25) is 0 Å². The van der Waals surface area contributed by atoms with Crippen molar-refractivity contribution in [2.75, 3.05) is 25.1 Å². The van der Waals surface area contributed by atoms with Crippen LogP contribution in [0, 0.1) is 12.8 Å². The Morgan fingerprint density at radius 1 is 1.32 bits per heavy atom. The number of rotatable bonds is 5. The van der Waals surface area contributed by atoms with Crippen LogP contribution in [-0.2, 0) is 11.3 Å². The molecule has 1 fully saturated rings. The van der Waals surface area contributed by atoms with E-state index < -0.39 is 0 Å². The molecule has 1 N–H and O–H groups in total. The van der Waals surface area contributed by atoms with Gasteiger partial charge in [0.15, 0.2) is 0 Å². The van der Waals surface area contributed by atoms with Gasteiger partial charge in [0.1, 0.15) is 11.6 Å². The van der Waals surface area contributed by atoms with Crippen LogP contribution in [0.15, 0.2) is 36.8 Å². The predicted molar refractivity (Wildman–Crippen MR) is 96.5 cm³/mol. The molecular weight excluding hydrogens is 316 g/mol. The molecule has 25 heavy (non-hydrogen) atoms. The first-order valence-electron chi connectivity index (χ1n) is 8.59. The molecule has 6 nitrogen and oxygen atoms in total. The van der Waals surface area contributed by atoms with Crippen LogP contribution in [0.4, 0.5) is 5.82 Å². The molecule has 0 aliphatic carbocycles. The van der Waals surface area contributed by atoms with Crippen molar-refractivity contribution in [3.63, 3.8) is 0 Å². The zero-order valence-electron chi connectivity index (χ0n) is 14.7. The van der Waals surface area contributed by atoms with Gasteiger partial charge in [0.2, 0.25) is 5.91 Å². The zero-order valence-corrected chi connectivity index (χ0v) is 14.7. The maximum Gasteiger partial charge on any atom is 0.223 e. The third kappa shape index (κ3) is 4.26. The Morgan fingerprint density at radius 2 is 2.12 bits per heavy atom. The van der Waals surface area contributed by atoms with Crippen LogP contribution in [0.3, 0.4) is 0 Å². The summed E-state index contributed by atoms with van der Waals surface area (Å²) in [5, 5.41) is 3.06. The van der Waals surface area contributed by atoms with Gasteiger partial charge in [-0.1, -0.05) is 12.1 Å². The van der Waals surface area contributed by atoms with Crippen LogP contribution < -0.4 is 15.0 Å². The molecule has 0 spiro atoms. The summed E-state index contributed by atoms with van der Waals surface area (Å²) >= 11 is 0. The molecule has 1 amide bonds. The summed E-state index contributed by atoms with van der Waals surface area (Å²) in [5.74, 6) is 1.95. The number of carbonyl (C=O) groups is 1. The van der Waals surface area contributed by atoms with Crippen molar-refractivity contribution < 1.29 is 9.53 Å². The third-order valence-electron chi connectivity index (χ3n) is 4.67. The molecule has 0 radical (unpaired) electrons. The smallest absolute Gasteiger partial charge is 0.223 e. The quantitative estimate of drug-likeness (QED) is 0.905. The zero-order chi connectivity index (χ0) is 17.6. The molecule has 0 unspecified atom stereocenters. The van der Waals surface area contributed by atoms with E-state index in [4.69, 9.17) is 4.74 Å². The van der Waals surface area contributed by atoms with E-state index in [2.05, 4.69) is 26.3 Å². The summed E-state index contributed by atoms with van der Waals surface area (Å²) in [7, 11) is 1.66. The fourth-order valence-corrected chi connectivity index (χ4v) is 3.21. The molecule has 1 saturated heterocycles. The van der Waals surface area contributed by atoms with E-state index >= 15 is 0 Å². The molecule has 0 bridgehead atoms. The lowest BCUT2D eigenvalue weighted by molar-refractivity contribution is -0.125. The van der Waals surface area contributed by atoms with Crippen LogP contribution in [0.5, 0.6) is 5.75 Å². The number of amides is 1. The Bertz CT molecular complexity index is 713. The molecule has 2 heterocycles. The molecule has 2 aromatic rings. The molecule has 0 saturated carbocycles. The highest BCUT2D eigenvalue weighted by atomic mass is 16.5. The van der Waals surface area contributed by atoms with Gasteiger partial charge < -0.3 is 15.0 Å². The Morgan fingerprint density at radius 3 is 2.76 bits per heavy atom. The number of aromatic nitrogens is 2. The standard InChI is InChI=1S/C19H24N4O2/c1-14-11-15(3-4-17(14)25-2)12-22-19(24)16-5-9-23(10-6-16)18-13-20-7-8-21-18/h3-4,7-8,11,13,16H,5-6,9-10,12H2,1-2H3,(H,22,24). The fraction of sp³-hybridized carbons (Fsp3) is 0.421. The minimum absolute atomic E-state index is 0.0623. The molecule has 132 valence electrons. The average molecular weight is 340 g/mol. The number of nitrogens with one attached hydrogen (secondary N) is 1. The SMILES string of the molecule is COc1ccc(CNC(=O)C2CCN(c3cnccn3)CC2)cc1C. The number of aryl methyl sites for hydroxylation is 1. The van der Waals surface area contributed by atoms with Crippen molar-refractivity contribution in [3.8, 4) is 5.75 Å². The summed E-state index contributed by atoms with van der Waals surface area (Å²) in [5.41, 5.74) is 2.16. The Hall–Kier alpha value is -2.63. The van der Waals surface area contributed by atoms with Gasteiger partial charge in [0.05, 0.1) is 13.3 Å². The molecular formula is C19H24N4O2. The van der Waals surface area contributed by atoms with Gasteiger partial charge in [-0.3, -0.25) is 9.78 Å². The van der Waals surface area contributed by atoms with Crippen LogP contribution >= 0.6 is 0 Å². The molecule has 1 aliphatic rings. The molecule has 6 heteroatoms. The lowest BCUT2D eigenvalue weighted by Gasteiger charge is -2.31. The minimum Gasteiger partial charge on any atom is -0.496 e. The van der Waals surface area contributed by atoms with E-state index in [-0.39, 0.29) is 11.8 Å². The van der Waals surface area contributed by atoms with Gasteiger partial charge in [-0.05, 0) is 37.0 Å².